The predicted octanol–water partition coefficient (Wildman–Crippen LogP) is 3.21. The van der Waals surface area contributed by atoms with Gasteiger partial charge in [-0.2, -0.15) is 4.52 Å². The molecular formula is C20H24N6O2. The molecule has 0 atom stereocenters. The molecule has 3 heterocycles. The Labute approximate surface area is 163 Å². The van der Waals surface area contributed by atoms with E-state index in [1.165, 1.54) is 0 Å². The van der Waals surface area contributed by atoms with Crippen LogP contribution in [0.25, 0.3) is 17.0 Å². The lowest BCUT2D eigenvalue weighted by molar-refractivity contribution is 0.0701. The van der Waals surface area contributed by atoms with Crippen LogP contribution < -0.4 is 5.32 Å². The van der Waals surface area contributed by atoms with Gasteiger partial charge in [0.15, 0.2) is 11.5 Å². The zero-order valence-corrected chi connectivity index (χ0v) is 16.1. The monoisotopic (exact) mass is 380 g/mol. The number of rotatable bonds is 4. The number of anilines is 1. The van der Waals surface area contributed by atoms with Crippen LogP contribution in [0, 0.1) is 0 Å². The minimum absolute atomic E-state index is 0.0955. The van der Waals surface area contributed by atoms with Crippen LogP contribution in [-0.4, -0.2) is 56.0 Å². The molecule has 146 valence electrons. The molecule has 0 unspecified atom stereocenters. The number of carbonyl (C=O) groups is 1. The number of nitrogens with zero attached hydrogens (tertiary/aromatic N) is 5. The van der Waals surface area contributed by atoms with Crippen LogP contribution in [0.5, 0.6) is 0 Å². The Hall–Kier alpha value is -3.16. The van der Waals surface area contributed by atoms with E-state index < -0.39 is 0 Å². The number of aromatic nitrogens is 4. The smallest absolute Gasteiger partial charge is 0.410 e. The SMILES string of the molecule is CC(C)OC(=O)N1CCC(Nc2ccc3nnc(-c4ccccc4)n3n2)CC1. The topological polar surface area (TPSA) is 84.6 Å². The fraction of sp³-hybridized carbons (Fsp3) is 0.400. The summed E-state index contributed by atoms with van der Waals surface area (Å²) < 4.78 is 7.03. The number of likely N-dealkylation sites (tertiary alicyclic amines) is 1. The highest BCUT2D eigenvalue weighted by atomic mass is 16.6. The summed E-state index contributed by atoms with van der Waals surface area (Å²) in [6.07, 6.45) is 1.37. The van der Waals surface area contributed by atoms with Gasteiger partial charge >= 0.3 is 6.09 Å². The molecule has 0 spiro atoms. The normalized spacial score (nSPS) is 15.2. The Morgan fingerprint density at radius 3 is 2.57 bits per heavy atom. The molecule has 0 radical (unpaired) electrons. The van der Waals surface area contributed by atoms with Crippen molar-refractivity contribution < 1.29 is 9.53 Å². The minimum Gasteiger partial charge on any atom is -0.447 e. The van der Waals surface area contributed by atoms with E-state index in [2.05, 4.69) is 20.6 Å². The van der Waals surface area contributed by atoms with E-state index in [-0.39, 0.29) is 18.2 Å². The summed E-state index contributed by atoms with van der Waals surface area (Å²) in [6.45, 7) is 5.08. The van der Waals surface area contributed by atoms with Gasteiger partial charge < -0.3 is 15.0 Å². The van der Waals surface area contributed by atoms with Crippen LogP contribution in [-0.2, 0) is 4.74 Å². The molecule has 1 saturated heterocycles. The Morgan fingerprint density at radius 1 is 1.11 bits per heavy atom. The standard InChI is InChI=1S/C20H24N6O2/c1-14(2)28-20(27)25-12-10-16(11-13-25)21-17-8-9-18-22-23-19(26(18)24-17)15-6-4-3-5-7-15/h3-9,14,16H,10-13H2,1-2H3,(H,21,24). The van der Waals surface area contributed by atoms with Gasteiger partial charge in [0.2, 0.25) is 0 Å². The van der Waals surface area contributed by atoms with Crippen molar-refractivity contribution in [2.75, 3.05) is 18.4 Å². The Kier molecular flexibility index (Phi) is 5.10. The number of hydrogen-bond acceptors (Lipinski definition) is 6. The Morgan fingerprint density at radius 2 is 1.86 bits per heavy atom. The summed E-state index contributed by atoms with van der Waals surface area (Å²) in [5.74, 6) is 1.48. The first-order valence-corrected chi connectivity index (χ1v) is 9.60. The lowest BCUT2D eigenvalue weighted by Crippen LogP contribution is -2.43. The maximum Gasteiger partial charge on any atom is 0.410 e. The third-order valence-electron chi connectivity index (χ3n) is 4.74. The summed E-state index contributed by atoms with van der Waals surface area (Å²) in [6, 6.07) is 14.0. The third-order valence-corrected chi connectivity index (χ3v) is 4.74. The lowest BCUT2D eigenvalue weighted by atomic mass is 10.1. The molecule has 1 aliphatic rings. The first-order chi connectivity index (χ1) is 13.6. The molecule has 0 bridgehead atoms. The number of piperidine rings is 1. The number of carbonyl (C=O) groups excluding carboxylic acids is 1. The molecule has 3 aromatic rings. The number of nitrogens with one attached hydrogen (secondary N) is 1. The summed E-state index contributed by atoms with van der Waals surface area (Å²) in [7, 11) is 0. The minimum atomic E-state index is -0.231. The van der Waals surface area contributed by atoms with E-state index in [0.717, 1.165) is 24.2 Å². The fourth-order valence-corrected chi connectivity index (χ4v) is 3.32. The first-order valence-electron chi connectivity index (χ1n) is 9.60. The van der Waals surface area contributed by atoms with Gasteiger partial charge in [0.25, 0.3) is 0 Å². The third kappa shape index (κ3) is 3.90. The quantitative estimate of drug-likeness (QED) is 0.748. The number of amides is 1. The van der Waals surface area contributed by atoms with E-state index in [1.807, 2.05) is 56.3 Å². The largest absolute Gasteiger partial charge is 0.447 e. The van der Waals surface area contributed by atoms with Crippen LogP contribution in [0.3, 0.4) is 0 Å². The van der Waals surface area contributed by atoms with E-state index in [0.29, 0.717) is 24.6 Å². The number of benzene rings is 1. The number of fused-ring (bicyclic) bond motifs is 1. The second-order valence-electron chi connectivity index (χ2n) is 7.22. The van der Waals surface area contributed by atoms with Crippen molar-refractivity contribution in [1.82, 2.24) is 24.7 Å². The molecule has 8 heteroatoms. The molecule has 1 aliphatic heterocycles. The highest BCUT2D eigenvalue weighted by Crippen LogP contribution is 2.20. The average Bonchev–Trinajstić information content (AvgIpc) is 3.12. The summed E-state index contributed by atoms with van der Waals surface area (Å²) in [4.78, 5) is 13.8. The number of hydrogen-bond donors (Lipinski definition) is 1. The second-order valence-corrected chi connectivity index (χ2v) is 7.22. The van der Waals surface area contributed by atoms with Crippen LogP contribution in [0.15, 0.2) is 42.5 Å². The summed E-state index contributed by atoms with van der Waals surface area (Å²) in [5, 5.41) is 16.6. The Balaban J connectivity index is 1.44. The van der Waals surface area contributed by atoms with E-state index >= 15 is 0 Å². The zero-order chi connectivity index (χ0) is 19.5. The van der Waals surface area contributed by atoms with Gasteiger partial charge in [0.05, 0.1) is 6.10 Å². The first kappa shape index (κ1) is 18.2. The van der Waals surface area contributed by atoms with Gasteiger partial charge in [-0.15, -0.1) is 15.3 Å². The van der Waals surface area contributed by atoms with Crippen molar-refractivity contribution in [1.29, 1.82) is 0 Å². The summed E-state index contributed by atoms with van der Waals surface area (Å²) in [5.41, 5.74) is 1.67. The van der Waals surface area contributed by atoms with Crippen LogP contribution >= 0.6 is 0 Å². The molecule has 4 rings (SSSR count). The van der Waals surface area contributed by atoms with Crippen molar-refractivity contribution in [2.24, 2.45) is 0 Å². The number of ether oxygens (including phenoxy) is 1. The van der Waals surface area contributed by atoms with Gasteiger partial charge in [0, 0.05) is 24.7 Å². The fourth-order valence-electron chi connectivity index (χ4n) is 3.32. The van der Waals surface area contributed by atoms with Crippen LogP contribution in [0.4, 0.5) is 10.6 Å². The zero-order valence-electron chi connectivity index (χ0n) is 16.1. The van der Waals surface area contributed by atoms with E-state index in [1.54, 1.807) is 9.42 Å². The molecule has 8 nitrogen and oxygen atoms in total. The van der Waals surface area contributed by atoms with Gasteiger partial charge in [-0.05, 0) is 38.8 Å². The molecule has 2 aromatic heterocycles. The Bertz CT molecular complexity index is 948. The maximum atomic E-state index is 12.0. The van der Waals surface area contributed by atoms with Crippen molar-refractivity contribution in [3.05, 3.63) is 42.5 Å². The average molecular weight is 380 g/mol. The molecule has 28 heavy (non-hydrogen) atoms. The van der Waals surface area contributed by atoms with Gasteiger partial charge in [-0.1, -0.05) is 30.3 Å². The van der Waals surface area contributed by atoms with Crippen molar-refractivity contribution >= 4 is 17.6 Å². The van der Waals surface area contributed by atoms with Gasteiger partial charge in [-0.3, -0.25) is 0 Å². The molecule has 0 aliphatic carbocycles. The van der Waals surface area contributed by atoms with E-state index in [9.17, 15) is 4.79 Å². The lowest BCUT2D eigenvalue weighted by Gasteiger charge is -2.32. The van der Waals surface area contributed by atoms with Crippen molar-refractivity contribution in [2.45, 2.75) is 38.8 Å². The molecule has 1 amide bonds. The molecule has 1 fully saturated rings. The highest BCUT2D eigenvalue weighted by Gasteiger charge is 2.24. The molecule has 0 saturated carbocycles. The summed E-state index contributed by atoms with van der Waals surface area (Å²) >= 11 is 0. The van der Waals surface area contributed by atoms with Gasteiger partial charge in [-0.25, -0.2) is 4.79 Å². The second kappa shape index (κ2) is 7.84. The predicted molar refractivity (Wildman–Crippen MR) is 106 cm³/mol. The molecule has 1 N–H and O–H groups in total. The maximum absolute atomic E-state index is 12.0. The van der Waals surface area contributed by atoms with E-state index in [4.69, 9.17) is 4.74 Å². The van der Waals surface area contributed by atoms with Crippen molar-refractivity contribution in [3.63, 3.8) is 0 Å². The van der Waals surface area contributed by atoms with Crippen LogP contribution in [0.1, 0.15) is 26.7 Å². The molecular weight excluding hydrogens is 356 g/mol. The molecule has 1 aromatic carbocycles. The van der Waals surface area contributed by atoms with Crippen molar-refractivity contribution in [3.8, 4) is 11.4 Å². The van der Waals surface area contributed by atoms with Crippen LogP contribution in [0.2, 0.25) is 0 Å². The highest BCUT2D eigenvalue weighted by molar-refractivity contribution is 5.68. The van der Waals surface area contributed by atoms with Gasteiger partial charge in [0.1, 0.15) is 5.82 Å².